The van der Waals surface area contributed by atoms with E-state index < -0.39 is 0 Å². The minimum absolute atomic E-state index is 0.0981. The smallest absolute Gasteiger partial charge is 0.251 e. The number of nitrogens with one attached hydrogen (secondary N) is 1. The van der Waals surface area contributed by atoms with Crippen molar-refractivity contribution in [3.63, 3.8) is 0 Å². The van der Waals surface area contributed by atoms with Crippen LogP contribution in [0.5, 0.6) is 0 Å². The molecule has 1 saturated carbocycles. The number of H-pyrrole nitrogens is 1. The number of halogens is 1. The molecule has 104 valence electrons. The number of aromatic nitrogens is 2. The van der Waals surface area contributed by atoms with E-state index in [0.717, 1.165) is 24.1 Å². The Kier molecular flexibility index (Phi) is 3.63. The zero-order chi connectivity index (χ0) is 13.9. The maximum Gasteiger partial charge on any atom is 0.251 e. The van der Waals surface area contributed by atoms with Gasteiger partial charge in [0.1, 0.15) is 11.6 Å². The van der Waals surface area contributed by atoms with Gasteiger partial charge in [0.2, 0.25) is 0 Å². The summed E-state index contributed by atoms with van der Waals surface area (Å²) in [5.41, 5.74) is 1.75. The van der Waals surface area contributed by atoms with E-state index in [1.54, 1.807) is 18.2 Å². The van der Waals surface area contributed by atoms with Crippen LogP contribution < -0.4 is 5.56 Å². The van der Waals surface area contributed by atoms with Crippen LogP contribution in [0.25, 0.3) is 0 Å². The molecule has 0 saturated heterocycles. The summed E-state index contributed by atoms with van der Waals surface area (Å²) < 4.78 is 12.9. The van der Waals surface area contributed by atoms with Gasteiger partial charge in [0.05, 0.1) is 5.69 Å². The van der Waals surface area contributed by atoms with Crippen LogP contribution in [0.4, 0.5) is 4.39 Å². The molecule has 3 nitrogen and oxygen atoms in total. The van der Waals surface area contributed by atoms with E-state index in [2.05, 4.69) is 9.97 Å². The molecule has 1 fully saturated rings. The molecule has 0 atom stereocenters. The van der Waals surface area contributed by atoms with Crippen molar-refractivity contribution in [1.29, 1.82) is 0 Å². The standard InChI is InChI=1S/C16H17FN2O/c17-13-7-5-11(6-8-13)9-15-18-14(10-16(20)19-15)12-3-1-2-4-12/h5-8,10,12H,1-4,9H2,(H,18,19,20). The van der Waals surface area contributed by atoms with Gasteiger partial charge >= 0.3 is 0 Å². The van der Waals surface area contributed by atoms with Crippen molar-refractivity contribution >= 4 is 0 Å². The first kappa shape index (κ1) is 13.0. The molecule has 1 aliphatic rings. The molecule has 1 N–H and O–H groups in total. The molecule has 0 radical (unpaired) electrons. The first-order valence-electron chi connectivity index (χ1n) is 7.05. The molecule has 1 heterocycles. The lowest BCUT2D eigenvalue weighted by atomic mass is 10.0. The molecular formula is C16H17FN2O. The van der Waals surface area contributed by atoms with Crippen LogP contribution in [0.1, 0.15) is 48.7 Å². The van der Waals surface area contributed by atoms with Crippen LogP contribution in [-0.4, -0.2) is 9.97 Å². The lowest BCUT2D eigenvalue weighted by molar-refractivity contribution is 0.627. The minimum atomic E-state index is -0.255. The number of benzene rings is 1. The Morgan fingerprint density at radius 1 is 1.20 bits per heavy atom. The van der Waals surface area contributed by atoms with Gasteiger partial charge in [0, 0.05) is 18.4 Å². The largest absolute Gasteiger partial charge is 0.310 e. The fourth-order valence-electron chi connectivity index (χ4n) is 2.84. The molecule has 0 spiro atoms. The van der Waals surface area contributed by atoms with Crippen LogP contribution in [0.3, 0.4) is 0 Å². The van der Waals surface area contributed by atoms with E-state index in [-0.39, 0.29) is 11.4 Å². The fraction of sp³-hybridized carbons (Fsp3) is 0.375. The van der Waals surface area contributed by atoms with Gasteiger partial charge in [0.15, 0.2) is 0 Å². The second-order valence-electron chi connectivity index (χ2n) is 5.40. The number of nitrogens with zero attached hydrogens (tertiary/aromatic N) is 1. The Hall–Kier alpha value is -1.97. The van der Waals surface area contributed by atoms with Crippen molar-refractivity contribution in [2.24, 2.45) is 0 Å². The van der Waals surface area contributed by atoms with Gasteiger partial charge in [-0.3, -0.25) is 4.79 Å². The van der Waals surface area contributed by atoms with Crippen LogP contribution >= 0.6 is 0 Å². The molecule has 2 aromatic rings. The van der Waals surface area contributed by atoms with E-state index in [1.165, 1.54) is 25.0 Å². The SMILES string of the molecule is O=c1cc(C2CCCC2)nc(Cc2ccc(F)cc2)[nH]1. The first-order valence-corrected chi connectivity index (χ1v) is 7.05. The van der Waals surface area contributed by atoms with Gasteiger partial charge in [-0.05, 0) is 30.5 Å². The van der Waals surface area contributed by atoms with Crippen LogP contribution in [0.15, 0.2) is 35.1 Å². The third kappa shape index (κ3) is 2.95. The van der Waals surface area contributed by atoms with Crippen molar-refractivity contribution in [1.82, 2.24) is 9.97 Å². The number of rotatable bonds is 3. The lowest BCUT2D eigenvalue weighted by Crippen LogP contribution is -2.14. The summed E-state index contributed by atoms with van der Waals surface area (Å²) in [6.45, 7) is 0. The predicted molar refractivity (Wildman–Crippen MR) is 75.3 cm³/mol. The summed E-state index contributed by atoms with van der Waals surface area (Å²) in [6.07, 6.45) is 5.19. The summed E-state index contributed by atoms with van der Waals surface area (Å²) in [5.74, 6) is 0.824. The Bertz CT molecular complexity index is 642. The second-order valence-corrected chi connectivity index (χ2v) is 5.40. The predicted octanol–water partition coefficient (Wildman–Crippen LogP) is 3.16. The Morgan fingerprint density at radius 2 is 1.90 bits per heavy atom. The molecule has 1 aliphatic carbocycles. The summed E-state index contributed by atoms with van der Waals surface area (Å²) in [7, 11) is 0. The molecule has 3 rings (SSSR count). The highest BCUT2D eigenvalue weighted by Gasteiger charge is 2.19. The Balaban J connectivity index is 1.85. The highest BCUT2D eigenvalue weighted by Crippen LogP contribution is 2.32. The molecule has 0 aliphatic heterocycles. The summed E-state index contributed by atoms with van der Waals surface area (Å²) in [4.78, 5) is 19.1. The molecule has 20 heavy (non-hydrogen) atoms. The quantitative estimate of drug-likeness (QED) is 0.933. The van der Waals surface area contributed by atoms with Crippen LogP contribution in [-0.2, 0) is 6.42 Å². The zero-order valence-electron chi connectivity index (χ0n) is 11.2. The van der Waals surface area contributed by atoms with Crippen molar-refractivity contribution in [2.75, 3.05) is 0 Å². The monoisotopic (exact) mass is 272 g/mol. The van der Waals surface area contributed by atoms with E-state index in [9.17, 15) is 9.18 Å². The van der Waals surface area contributed by atoms with E-state index >= 15 is 0 Å². The van der Waals surface area contributed by atoms with E-state index in [0.29, 0.717) is 18.2 Å². The van der Waals surface area contributed by atoms with Crippen LogP contribution in [0, 0.1) is 5.82 Å². The minimum Gasteiger partial charge on any atom is -0.310 e. The van der Waals surface area contributed by atoms with Gasteiger partial charge in [-0.25, -0.2) is 9.37 Å². The molecule has 4 heteroatoms. The highest BCUT2D eigenvalue weighted by molar-refractivity contribution is 5.21. The third-order valence-corrected chi connectivity index (χ3v) is 3.87. The molecular weight excluding hydrogens is 255 g/mol. The van der Waals surface area contributed by atoms with Gasteiger partial charge < -0.3 is 4.98 Å². The van der Waals surface area contributed by atoms with E-state index in [4.69, 9.17) is 0 Å². The van der Waals surface area contributed by atoms with Crippen molar-refractivity contribution in [3.8, 4) is 0 Å². The molecule has 0 unspecified atom stereocenters. The van der Waals surface area contributed by atoms with Crippen molar-refractivity contribution in [3.05, 3.63) is 63.6 Å². The first-order chi connectivity index (χ1) is 9.70. The lowest BCUT2D eigenvalue weighted by Gasteiger charge is -2.09. The molecule has 1 aromatic carbocycles. The van der Waals surface area contributed by atoms with Gasteiger partial charge in [-0.1, -0.05) is 25.0 Å². The number of aromatic amines is 1. The maximum absolute atomic E-state index is 12.9. The summed E-state index contributed by atoms with van der Waals surface area (Å²) >= 11 is 0. The topological polar surface area (TPSA) is 45.8 Å². The maximum atomic E-state index is 12.9. The fourth-order valence-corrected chi connectivity index (χ4v) is 2.84. The average Bonchev–Trinajstić information content (AvgIpc) is 2.95. The number of hydrogen-bond acceptors (Lipinski definition) is 2. The third-order valence-electron chi connectivity index (χ3n) is 3.87. The van der Waals surface area contributed by atoms with Crippen LogP contribution in [0.2, 0.25) is 0 Å². The van der Waals surface area contributed by atoms with Gasteiger partial charge in [-0.2, -0.15) is 0 Å². The Labute approximate surface area is 116 Å². The second kappa shape index (κ2) is 5.57. The normalized spacial score (nSPS) is 15.7. The zero-order valence-corrected chi connectivity index (χ0v) is 11.2. The summed E-state index contributed by atoms with van der Waals surface area (Å²) in [6, 6.07) is 7.90. The number of hydrogen-bond donors (Lipinski definition) is 1. The van der Waals surface area contributed by atoms with E-state index in [1.807, 2.05) is 0 Å². The van der Waals surface area contributed by atoms with Gasteiger partial charge in [-0.15, -0.1) is 0 Å². The highest BCUT2D eigenvalue weighted by atomic mass is 19.1. The van der Waals surface area contributed by atoms with Gasteiger partial charge in [0.25, 0.3) is 5.56 Å². The molecule has 0 amide bonds. The Morgan fingerprint density at radius 3 is 2.60 bits per heavy atom. The van der Waals surface area contributed by atoms with Crippen molar-refractivity contribution < 1.29 is 4.39 Å². The average molecular weight is 272 g/mol. The van der Waals surface area contributed by atoms with Crippen molar-refractivity contribution in [2.45, 2.75) is 38.0 Å². The summed E-state index contributed by atoms with van der Waals surface area (Å²) in [5, 5.41) is 0. The molecule has 1 aromatic heterocycles. The molecule has 0 bridgehead atoms.